The van der Waals surface area contributed by atoms with E-state index in [0.717, 1.165) is 27.0 Å². The number of hydrogen-bond acceptors (Lipinski definition) is 2. The number of nitrogen functional groups attached to an aromatic ring is 1. The molecule has 19 heavy (non-hydrogen) atoms. The lowest BCUT2D eigenvalue weighted by Crippen LogP contribution is -2.13. The summed E-state index contributed by atoms with van der Waals surface area (Å²) >= 11 is 3.37. The lowest BCUT2D eigenvalue weighted by atomic mass is 10.1. The lowest BCUT2D eigenvalue weighted by Gasteiger charge is -2.09. The van der Waals surface area contributed by atoms with Crippen LogP contribution in [0, 0.1) is 13.8 Å². The number of rotatable bonds is 2. The summed E-state index contributed by atoms with van der Waals surface area (Å²) in [5.74, 6) is -0.122. The van der Waals surface area contributed by atoms with Gasteiger partial charge in [0.2, 0.25) is 0 Å². The van der Waals surface area contributed by atoms with Crippen molar-refractivity contribution in [3.8, 4) is 0 Å². The second-order valence-corrected chi connectivity index (χ2v) is 5.40. The highest BCUT2D eigenvalue weighted by molar-refractivity contribution is 9.10. The fourth-order valence-electron chi connectivity index (χ4n) is 1.79. The summed E-state index contributed by atoms with van der Waals surface area (Å²) in [6.07, 6.45) is 0. The second-order valence-electron chi connectivity index (χ2n) is 4.48. The molecule has 0 bridgehead atoms. The first-order valence-corrected chi connectivity index (χ1v) is 6.70. The Morgan fingerprint density at radius 1 is 1.11 bits per heavy atom. The maximum atomic E-state index is 12.2. The van der Waals surface area contributed by atoms with E-state index in [1.54, 1.807) is 12.1 Å². The van der Waals surface area contributed by atoms with Crippen molar-refractivity contribution in [1.82, 2.24) is 0 Å². The number of carbonyl (C=O) groups excluding carboxylic acids is 1. The molecule has 2 rings (SSSR count). The van der Waals surface area contributed by atoms with Crippen LogP contribution in [0.5, 0.6) is 0 Å². The van der Waals surface area contributed by atoms with Gasteiger partial charge in [-0.25, -0.2) is 0 Å². The van der Waals surface area contributed by atoms with Crippen LogP contribution in [0.4, 0.5) is 11.4 Å². The molecule has 0 saturated carbocycles. The molecule has 0 aromatic heterocycles. The summed E-state index contributed by atoms with van der Waals surface area (Å²) in [5, 5.41) is 2.88. The van der Waals surface area contributed by atoms with Crippen LogP contribution in [0.2, 0.25) is 0 Å². The fourth-order valence-corrected chi connectivity index (χ4v) is 2.15. The van der Waals surface area contributed by atoms with Gasteiger partial charge in [-0.15, -0.1) is 0 Å². The Morgan fingerprint density at radius 3 is 2.53 bits per heavy atom. The Bertz CT molecular complexity index is 638. The number of carbonyl (C=O) groups is 1. The molecule has 0 aliphatic heterocycles. The molecule has 0 spiro atoms. The van der Waals surface area contributed by atoms with Crippen molar-refractivity contribution < 1.29 is 4.79 Å². The minimum Gasteiger partial charge on any atom is -0.399 e. The van der Waals surface area contributed by atoms with Gasteiger partial charge in [-0.3, -0.25) is 4.79 Å². The highest BCUT2D eigenvalue weighted by atomic mass is 79.9. The maximum Gasteiger partial charge on any atom is 0.255 e. The van der Waals surface area contributed by atoms with Crippen LogP contribution in [0.15, 0.2) is 40.9 Å². The van der Waals surface area contributed by atoms with Crippen molar-refractivity contribution in [3.63, 3.8) is 0 Å². The summed E-state index contributed by atoms with van der Waals surface area (Å²) < 4.78 is 0.886. The van der Waals surface area contributed by atoms with Crippen molar-refractivity contribution in [2.24, 2.45) is 0 Å². The van der Waals surface area contributed by atoms with Crippen molar-refractivity contribution >= 4 is 33.2 Å². The van der Waals surface area contributed by atoms with Crippen molar-refractivity contribution in [1.29, 1.82) is 0 Å². The number of benzene rings is 2. The highest BCUT2D eigenvalue weighted by Gasteiger charge is 2.10. The normalized spacial score (nSPS) is 10.3. The van der Waals surface area contributed by atoms with Gasteiger partial charge in [0, 0.05) is 21.4 Å². The van der Waals surface area contributed by atoms with Gasteiger partial charge >= 0.3 is 0 Å². The number of nitrogens with one attached hydrogen (secondary N) is 1. The Morgan fingerprint density at radius 2 is 1.84 bits per heavy atom. The molecule has 4 heteroatoms. The number of halogens is 1. The maximum absolute atomic E-state index is 12.2. The van der Waals surface area contributed by atoms with Crippen LogP contribution < -0.4 is 11.1 Å². The van der Waals surface area contributed by atoms with E-state index < -0.39 is 0 Å². The van der Waals surface area contributed by atoms with E-state index in [4.69, 9.17) is 5.73 Å². The summed E-state index contributed by atoms with van der Waals surface area (Å²) in [4.78, 5) is 12.2. The van der Waals surface area contributed by atoms with Gasteiger partial charge in [-0.1, -0.05) is 22.0 Å². The van der Waals surface area contributed by atoms with E-state index in [1.807, 2.05) is 38.1 Å². The molecular formula is C15H15BrN2O. The van der Waals surface area contributed by atoms with Crippen LogP contribution in [-0.4, -0.2) is 5.91 Å². The van der Waals surface area contributed by atoms with Crippen molar-refractivity contribution in [2.45, 2.75) is 13.8 Å². The number of aryl methyl sites for hydroxylation is 2. The van der Waals surface area contributed by atoms with Crippen LogP contribution in [-0.2, 0) is 0 Å². The molecule has 0 atom stereocenters. The third kappa shape index (κ3) is 3.15. The van der Waals surface area contributed by atoms with Gasteiger partial charge in [0.25, 0.3) is 5.91 Å². The van der Waals surface area contributed by atoms with Crippen LogP contribution in [0.3, 0.4) is 0 Å². The monoisotopic (exact) mass is 318 g/mol. The molecule has 0 aliphatic rings. The van der Waals surface area contributed by atoms with Crippen LogP contribution in [0.1, 0.15) is 21.5 Å². The lowest BCUT2D eigenvalue weighted by molar-refractivity contribution is 0.102. The number of amides is 1. The number of nitrogens with two attached hydrogens (primary N) is 1. The quantitative estimate of drug-likeness (QED) is 0.825. The van der Waals surface area contributed by atoms with E-state index in [0.29, 0.717) is 5.56 Å². The minimum absolute atomic E-state index is 0.122. The molecule has 0 fully saturated rings. The van der Waals surface area contributed by atoms with Crippen LogP contribution >= 0.6 is 15.9 Å². The number of anilines is 2. The fraction of sp³-hybridized carbons (Fsp3) is 0.133. The van der Waals surface area contributed by atoms with E-state index in [2.05, 4.69) is 21.2 Å². The average Bonchev–Trinajstić information content (AvgIpc) is 2.36. The van der Waals surface area contributed by atoms with E-state index in [-0.39, 0.29) is 5.91 Å². The standard InChI is InChI=1S/C15H15BrN2O/c1-9-3-4-11(16)8-13(9)15(19)18-12-5-6-14(17)10(2)7-12/h3-8H,17H2,1-2H3,(H,18,19). The predicted molar refractivity (Wildman–Crippen MR) is 82.4 cm³/mol. The third-order valence-electron chi connectivity index (χ3n) is 2.97. The Kier molecular flexibility index (Phi) is 3.90. The SMILES string of the molecule is Cc1cc(NC(=O)c2cc(Br)ccc2C)ccc1N. The van der Waals surface area contributed by atoms with Crippen LogP contribution in [0.25, 0.3) is 0 Å². The van der Waals surface area contributed by atoms with E-state index in [9.17, 15) is 4.79 Å². The zero-order valence-electron chi connectivity index (χ0n) is 10.8. The topological polar surface area (TPSA) is 55.1 Å². The van der Waals surface area contributed by atoms with Gasteiger partial charge in [-0.05, 0) is 55.3 Å². The zero-order valence-corrected chi connectivity index (χ0v) is 12.4. The molecule has 3 nitrogen and oxygen atoms in total. The molecule has 0 saturated heterocycles. The predicted octanol–water partition coefficient (Wildman–Crippen LogP) is 3.90. The van der Waals surface area contributed by atoms with E-state index in [1.165, 1.54) is 0 Å². The van der Waals surface area contributed by atoms with Crippen molar-refractivity contribution in [3.05, 3.63) is 57.6 Å². The van der Waals surface area contributed by atoms with Gasteiger partial charge < -0.3 is 11.1 Å². The average molecular weight is 319 g/mol. The largest absolute Gasteiger partial charge is 0.399 e. The summed E-state index contributed by atoms with van der Waals surface area (Å²) in [6, 6.07) is 11.1. The molecular weight excluding hydrogens is 304 g/mol. The van der Waals surface area contributed by atoms with Gasteiger partial charge in [0.05, 0.1) is 0 Å². The molecule has 0 radical (unpaired) electrons. The second kappa shape index (κ2) is 5.45. The summed E-state index contributed by atoms with van der Waals surface area (Å²) in [6.45, 7) is 3.82. The molecule has 0 aliphatic carbocycles. The van der Waals surface area contributed by atoms with E-state index >= 15 is 0 Å². The Hall–Kier alpha value is -1.81. The van der Waals surface area contributed by atoms with Gasteiger partial charge in [0.15, 0.2) is 0 Å². The number of hydrogen-bond donors (Lipinski definition) is 2. The minimum atomic E-state index is -0.122. The molecule has 1 amide bonds. The smallest absolute Gasteiger partial charge is 0.255 e. The molecule has 2 aromatic rings. The third-order valence-corrected chi connectivity index (χ3v) is 3.47. The summed E-state index contributed by atoms with van der Waals surface area (Å²) in [7, 11) is 0. The molecule has 98 valence electrons. The van der Waals surface area contributed by atoms with Gasteiger partial charge in [-0.2, -0.15) is 0 Å². The first-order chi connectivity index (χ1) is 8.97. The summed E-state index contributed by atoms with van der Waals surface area (Å²) in [5.41, 5.74) is 9.76. The highest BCUT2D eigenvalue weighted by Crippen LogP contribution is 2.20. The van der Waals surface area contributed by atoms with Crippen molar-refractivity contribution in [2.75, 3.05) is 11.1 Å². The first-order valence-electron chi connectivity index (χ1n) is 5.91. The molecule has 2 aromatic carbocycles. The Balaban J connectivity index is 2.25. The van der Waals surface area contributed by atoms with Gasteiger partial charge in [0.1, 0.15) is 0 Å². The zero-order chi connectivity index (χ0) is 14.0. The molecule has 0 heterocycles. The molecule has 3 N–H and O–H groups in total. The first kappa shape index (κ1) is 13.6. The Labute approximate surface area is 121 Å². The molecule has 0 unspecified atom stereocenters.